The van der Waals surface area contributed by atoms with E-state index in [-0.39, 0.29) is 20.4 Å². The Bertz CT molecular complexity index is 607. The molecule has 0 aromatic carbocycles. The van der Waals surface area contributed by atoms with E-state index in [1.807, 2.05) is 0 Å². The van der Waals surface area contributed by atoms with Crippen molar-refractivity contribution in [2.45, 2.75) is 30.6 Å². The van der Waals surface area contributed by atoms with Crippen molar-refractivity contribution < 1.29 is 13.2 Å². The monoisotopic (exact) mass is 323 g/mol. The van der Waals surface area contributed by atoms with Crippen LogP contribution in [0.4, 0.5) is 5.13 Å². The lowest BCUT2D eigenvalue weighted by molar-refractivity contribution is -0.114. The van der Waals surface area contributed by atoms with E-state index in [1.165, 1.54) is 20.8 Å². The first-order chi connectivity index (χ1) is 8.54. The molecule has 0 aliphatic rings. The number of aromatic nitrogens is 2. The molecule has 0 aliphatic carbocycles. The van der Waals surface area contributed by atoms with E-state index in [4.69, 9.17) is 18.0 Å². The second-order valence-electron chi connectivity index (χ2n) is 4.15. The fourth-order valence-electron chi connectivity index (χ4n) is 0.949. The lowest BCUT2D eigenvalue weighted by atomic mass is 10.1. The molecule has 4 N–H and O–H groups in total. The van der Waals surface area contributed by atoms with Gasteiger partial charge < -0.3 is 11.1 Å². The maximum atomic E-state index is 12.0. The fraction of sp³-hybridized carbons (Fsp3) is 0.500. The second kappa shape index (κ2) is 5.45. The minimum absolute atomic E-state index is 0.00248. The molecule has 106 valence electrons. The molecule has 8 nitrogen and oxygen atoms in total. The van der Waals surface area contributed by atoms with E-state index < -0.39 is 15.6 Å². The fourth-order valence-corrected chi connectivity index (χ4v) is 3.41. The summed E-state index contributed by atoms with van der Waals surface area (Å²) < 4.78 is 26.1. The van der Waals surface area contributed by atoms with E-state index in [0.717, 1.165) is 11.3 Å². The van der Waals surface area contributed by atoms with Crippen LogP contribution in [0, 0.1) is 0 Å². The summed E-state index contributed by atoms with van der Waals surface area (Å²) in [5, 5.41) is 9.50. The minimum atomic E-state index is -3.90. The largest absolute Gasteiger partial charge is 0.392 e. The van der Waals surface area contributed by atoms with Crippen molar-refractivity contribution in [2.24, 2.45) is 5.73 Å². The molecule has 19 heavy (non-hydrogen) atoms. The van der Waals surface area contributed by atoms with Gasteiger partial charge in [0.25, 0.3) is 10.0 Å². The Kier molecular flexibility index (Phi) is 4.55. The van der Waals surface area contributed by atoms with Gasteiger partial charge in [0.1, 0.15) is 0 Å². The molecule has 1 amide bonds. The van der Waals surface area contributed by atoms with E-state index in [9.17, 15) is 13.2 Å². The Hall–Kier alpha value is -1.17. The molecular weight excluding hydrogens is 310 g/mol. The number of sulfonamides is 1. The zero-order valence-corrected chi connectivity index (χ0v) is 12.9. The lowest BCUT2D eigenvalue weighted by Crippen LogP contribution is -2.51. The van der Waals surface area contributed by atoms with Crippen molar-refractivity contribution in [2.75, 3.05) is 5.32 Å². The molecule has 0 fully saturated rings. The van der Waals surface area contributed by atoms with Gasteiger partial charge in [0.2, 0.25) is 15.4 Å². The van der Waals surface area contributed by atoms with Crippen molar-refractivity contribution >= 4 is 49.6 Å². The normalized spacial score (nSPS) is 12.2. The van der Waals surface area contributed by atoms with Gasteiger partial charge in [0.05, 0.1) is 10.5 Å². The average Bonchev–Trinajstić information content (AvgIpc) is 2.63. The number of carbonyl (C=O) groups excluding carboxylic acids is 1. The SMILES string of the molecule is CC(=O)Nc1nnc(S(=O)(=O)NC(C)(C)C(N)=S)s1. The molecule has 0 saturated carbocycles. The highest BCUT2D eigenvalue weighted by Crippen LogP contribution is 2.21. The molecule has 1 aromatic heterocycles. The molecule has 0 unspecified atom stereocenters. The number of thiocarbonyl (C=S) groups is 1. The Labute approximate surface area is 119 Å². The minimum Gasteiger partial charge on any atom is -0.392 e. The van der Waals surface area contributed by atoms with Crippen molar-refractivity contribution in [1.29, 1.82) is 0 Å². The van der Waals surface area contributed by atoms with E-state index in [0.29, 0.717) is 0 Å². The Morgan fingerprint density at radius 2 is 2.00 bits per heavy atom. The first-order valence-corrected chi connectivity index (χ1v) is 7.70. The Morgan fingerprint density at radius 1 is 1.42 bits per heavy atom. The molecule has 1 heterocycles. The third kappa shape index (κ3) is 4.16. The van der Waals surface area contributed by atoms with Crippen LogP contribution in [0.1, 0.15) is 20.8 Å². The third-order valence-electron chi connectivity index (χ3n) is 1.92. The molecule has 0 saturated heterocycles. The summed E-state index contributed by atoms with van der Waals surface area (Å²) in [4.78, 5) is 10.8. The molecule has 0 aliphatic heterocycles. The van der Waals surface area contributed by atoms with Gasteiger partial charge in [-0.05, 0) is 13.8 Å². The van der Waals surface area contributed by atoms with Crippen molar-refractivity contribution in [3.05, 3.63) is 0 Å². The van der Waals surface area contributed by atoms with Crippen LogP contribution in [0.15, 0.2) is 4.34 Å². The summed E-state index contributed by atoms with van der Waals surface area (Å²) in [6, 6.07) is 0. The third-order valence-corrected chi connectivity index (χ3v) is 5.30. The number of amides is 1. The number of anilines is 1. The number of nitrogens with two attached hydrogens (primary N) is 1. The standard InChI is InChI=1S/C8H13N5O3S3/c1-4(14)10-6-11-12-7(18-6)19(15,16)13-8(2,3)5(9)17/h13H,1-3H3,(H2,9,17)(H,10,11,14). The maximum Gasteiger partial charge on any atom is 0.270 e. The van der Waals surface area contributed by atoms with E-state index in [1.54, 1.807) is 0 Å². The molecule has 1 rings (SSSR count). The first-order valence-electron chi connectivity index (χ1n) is 4.99. The zero-order chi connectivity index (χ0) is 14.8. The quantitative estimate of drug-likeness (QED) is 0.507. The van der Waals surface area contributed by atoms with Crippen LogP contribution in [0.2, 0.25) is 0 Å². The van der Waals surface area contributed by atoms with Gasteiger partial charge in [-0.15, -0.1) is 10.2 Å². The number of rotatable bonds is 5. The Balaban J connectivity index is 2.98. The van der Waals surface area contributed by atoms with E-state index in [2.05, 4.69) is 20.2 Å². The molecule has 0 radical (unpaired) electrons. The van der Waals surface area contributed by atoms with Crippen LogP contribution in [-0.4, -0.2) is 35.0 Å². The first kappa shape index (κ1) is 15.9. The lowest BCUT2D eigenvalue weighted by Gasteiger charge is -2.23. The predicted octanol–water partition coefficient (Wildman–Crippen LogP) is -0.161. The summed E-state index contributed by atoms with van der Waals surface area (Å²) >= 11 is 5.50. The van der Waals surface area contributed by atoms with Gasteiger partial charge in [0, 0.05) is 6.92 Å². The summed E-state index contributed by atoms with van der Waals surface area (Å²) in [6.07, 6.45) is 0. The number of hydrogen-bond donors (Lipinski definition) is 3. The highest BCUT2D eigenvalue weighted by Gasteiger charge is 2.31. The van der Waals surface area contributed by atoms with Gasteiger partial charge >= 0.3 is 0 Å². The van der Waals surface area contributed by atoms with Crippen LogP contribution < -0.4 is 15.8 Å². The topological polar surface area (TPSA) is 127 Å². The predicted molar refractivity (Wildman–Crippen MR) is 75.4 cm³/mol. The van der Waals surface area contributed by atoms with Gasteiger partial charge in [-0.1, -0.05) is 23.6 Å². The molecular formula is C8H13N5O3S3. The highest BCUT2D eigenvalue weighted by atomic mass is 32.2. The molecule has 0 atom stereocenters. The van der Waals surface area contributed by atoms with Gasteiger partial charge in [-0.3, -0.25) is 4.79 Å². The average molecular weight is 323 g/mol. The maximum absolute atomic E-state index is 12.0. The zero-order valence-electron chi connectivity index (χ0n) is 10.4. The van der Waals surface area contributed by atoms with Crippen LogP contribution in [0.25, 0.3) is 0 Å². The summed E-state index contributed by atoms with van der Waals surface area (Å²) in [5.74, 6) is -0.364. The van der Waals surface area contributed by atoms with Crippen molar-refractivity contribution in [3.63, 3.8) is 0 Å². The molecule has 1 aromatic rings. The molecule has 0 bridgehead atoms. The summed E-state index contributed by atoms with van der Waals surface area (Å²) in [5.41, 5.74) is 4.35. The Morgan fingerprint density at radius 3 is 2.47 bits per heavy atom. The van der Waals surface area contributed by atoms with Gasteiger partial charge in [-0.2, -0.15) is 4.72 Å². The number of hydrogen-bond acceptors (Lipinski definition) is 7. The van der Waals surface area contributed by atoms with Crippen molar-refractivity contribution in [3.8, 4) is 0 Å². The number of carbonyl (C=O) groups is 1. The van der Waals surface area contributed by atoms with E-state index >= 15 is 0 Å². The van der Waals surface area contributed by atoms with Crippen LogP contribution in [0.5, 0.6) is 0 Å². The van der Waals surface area contributed by atoms with Crippen LogP contribution in [0.3, 0.4) is 0 Å². The van der Waals surface area contributed by atoms with Gasteiger partial charge in [-0.25, -0.2) is 8.42 Å². The van der Waals surface area contributed by atoms with Crippen LogP contribution >= 0.6 is 23.6 Å². The van der Waals surface area contributed by atoms with Crippen LogP contribution in [-0.2, 0) is 14.8 Å². The van der Waals surface area contributed by atoms with Crippen molar-refractivity contribution in [1.82, 2.24) is 14.9 Å². The molecule has 11 heteroatoms. The second-order valence-corrected chi connectivity index (χ2v) is 7.42. The smallest absolute Gasteiger partial charge is 0.270 e. The molecule has 0 spiro atoms. The number of nitrogens with one attached hydrogen (secondary N) is 2. The van der Waals surface area contributed by atoms with Gasteiger partial charge in [0.15, 0.2) is 0 Å². The number of nitrogens with zero attached hydrogens (tertiary/aromatic N) is 2. The summed E-state index contributed by atoms with van der Waals surface area (Å²) in [7, 11) is -3.90. The highest BCUT2D eigenvalue weighted by molar-refractivity contribution is 7.91. The summed E-state index contributed by atoms with van der Waals surface area (Å²) in [6.45, 7) is 4.34.